The molecule has 3 aromatic rings. The van der Waals surface area contributed by atoms with E-state index in [0.717, 1.165) is 12.8 Å². The number of likely N-dealkylation sites (tertiary alicyclic amines) is 1. The highest BCUT2D eigenvalue weighted by atomic mass is 32.1. The summed E-state index contributed by atoms with van der Waals surface area (Å²) in [6.07, 6.45) is 3.79. The highest BCUT2D eigenvalue weighted by molar-refractivity contribution is 7.15. The first-order valence-electron chi connectivity index (χ1n) is 8.39. The number of hydrogen-bond acceptors (Lipinski definition) is 4. The maximum Gasteiger partial charge on any atom is 0.274 e. The maximum atomic E-state index is 13.1. The van der Waals surface area contributed by atoms with Gasteiger partial charge in [-0.1, -0.05) is 37.3 Å². The molecule has 1 saturated heterocycles. The van der Waals surface area contributed by atoms with Crippen LogP contribution in [0.2, 0.25) is 0 Å². The van der Waals surface area contributed by atoms with Gasteiger partial charge in [0.25, 0.3) is 11.5 Å². The van der Waals surface area contributed by atoms with Crippen molar-refractivity contribution in [3.05, 3.63) is 69.6 Å². The van der Waals surface area contributed by atoms with E-state index in [1.54, 1.807) is 10.6 Å². The molecule has 0 aliphatic carbocycles. The Kier molecular flexibility index (Phi) is 3.92. The molecule has 0 N–H and O–H groups in total. The number of aromatic nitrogens is 2. The molecule has 0 saturated carbocycles. The lowest BCUT2D eigenvalue weighted by Crippen LogP contribution is -2.47. The van der Waals surface area contributed by atoms with Gasteiger partial charge in [0.1, 0.15) is 5.69 Å². The van der Waals surface area contributed by atoms with Crippen LogP contribution in [-0.4, -0.2) is 33.3 Å². The minimum atomic E-state index is -0.367. The van der Waals surface area contributed by atoms with Gasteiger partial charge in [0.2, 0.25) is 0 Å². The molecule has 2 aromatic heterocycles. The summed E-state index contributed by atoms with van der Waals surface area (Å²) in [6.45, 7) is 3.57. The first-order chi connectivity index (χ1) is 12.1. The third kappa shape index (κ3) is 2.87. The minimum Gasteiger partial charge on any atom is -0.336 e. The molecule has 0 spiro atoms. The molecule has 3 heterocycles. The number of nitrogens with zero attached hydrogens (tertiary/aromatic N) is 3. The van der Waals surface area contributed by atoms with Gasteiger partial charge in [-0.3, -0.25) is 14.0 Å². The lowest BCUT2D eigenvalue weighted by molar-refractivity contribution is 0.0643. The van der Waals surface area contributed by atoms with E-state index in [0.29, 0.717) is 23.7 Å². The molecule has 5 nitrogen and oxygen atoms in total. The van der Waals surface area contributed by atoms with Gasteiger partial charge in [-0.15, -0.1) is 11.3 Å². The topological polar surface area (TPSA) is 54.7 Å². The Bertz CT molecular complexity index is 979. The van der Waals surface area contributed by atoms with Gasteiger partial charge >= 0.3 is 0 Å². The lowest BCUT2D eigenvalue weighted by atomic mass is 9.76. The van der Waals surface area contributed by atoms with Gasteiger partial charge in [-0.25, -0.2) is 0 Å². The molecule has 0 bridgehead atoms. The molecule has 1 atom stereocenters. The summed E-state index contributed by atoms with van der Waals surface area (Å²) in [5.74, 6) is -0.102. The van der Waals surface area contributed by atoms with Crippen LogP contribution in [0.5, 0.6) is 0 Å². The second-order valence-corrected chi connectivity index (χ2v) is 7.67. The number of amides is 1. The fraction of sp³-hybridized carbons (Fsp3) is 0.316. The molecule has 1 aliphatic heterocycles. The van der Waals surface area contributed by atoms with Crippen LogP contribution in [0.25, 0.3) is 4.96 Å². The van der Waals surface area contributed by atoms with Gasteiger partial charge in [-0.05, 0) is 18.4 Å². The third-order valence-electron chi connectivity index (χ3n) is 4.99. The molecule has 4 rings (SSSR count). The Hall–Kier alpha value is -2.47. The summed E-state index contributed by atoms with van der Waals surface area (Å²) in [6, 6.07) is 11.7. The van der Waals surface area contributed by atoms with Crippen LogP contribution in [0, 0.1) is 0 Å². The average Bonchev–Trinajstić information content (AvgIpc) is 3.09. The molecule has 1 amide bonds. The fourth-order valence-corrected chi connectivity index (χ4v) is 4.38. The summed E-state index contributed by atoms with van der Waals surface area (Å²) in [5.41, 5.74) is 1.21. The van der Waals surface area contributed by atoms with Crippen LogP contribution in [0.15, 0.2) is 52.8 Å². The van der Waals surface area contributed by atoms with Crippen molar-refractivity contribution < 1.29 is 4.79 Å². The van der Waals surface area contributed by atoms with Crippen molar-refractivity contribution in [3.8, 4) is 0 Å². The predicted octanol–water partition coefficient (Wildman–Crippen LogP) is 2.95. The Morgan fingerprint density at radius 1 is 1.28 bits per heavy atom. The first kappa shape index (κ1) is 16.0. The smallest absolute Gasteiger partial charge is 0.274 e. The molecule has 1 fully saturated rings. The number of fused-ring (bicyclic) bond motifs is 1. The molecule has 6 heteroatoms. The van der Waals surface area contributed by atoms with Crippen LogP contribution in [0.4, 0.5) is 0 Å². The maximum absolute atomic E-state index is 13.1. The summed E-state index contributed by atoms with van der Waals surface area (Å²) in [5, 5.41) is 1.84. The molecule has 128 valence electrons. The Morgan fingerprint density at radius 3 is 2.88 bits per heavy atom. The van der Waals surface area contributed by atoms with E-state index in [-0.39, 0.29) is 16.9 Å². The zero-order chi connectivity index (χ0) is 17.4. The second-order valence-electron chi connectivity index (χ2n) is 6.79. The van der Waals surface area contributed by atoms with Crippen LogP contribution >= 0.6 is 11.3 Å². The average molecular weight is 353 g/mol. The van der Waals surface area contributed by atoms with Gasteiger partial charge in [0.15, 0.2) is 4.96 Å². The summed E-state index contributed by atoms with van der Waals surface area (Å²) in [4.78, 5) is 31.4. The molecular weight excluding hydrogens is 334 g/mol. The van der Waals surface area contributed by atoms with Gasteiger partial charge in [0, 0.05) is 36.1 Å². The van der Waals surface area contributed by atoms with Crippen LogP contribution in [-0.2, 0) is 5.41 Å². The number of piperidine rings is 1. The van der Waals surface area contributed by atoms with Crippen LogP contribution in [0.3, 0.4) is 0 Å². The predicted molar refractivity (Wildman–Crippen MR) is 98.3 cm³/mol. The van der Waals surface area contributed by atoms with Crippen molar-refractivity contribution in [1.29, 1.82) is 0 Å². The van der Waals surface area contributed by atoms with Crippen molar-refractivity contribution in [2.24, 2.45) is 0 Å². The van der Waals surface area contributed by atoms with Crippen LogP contribution in [0.1, 0.15) is 35.8 Å². The minimum absolute atomic E-state index is 0.0685. The number of thiazole rings is 1. The number of benzene rings is 1. The molecule has 1 aromatic carbocycles. The molecule has 1 aliphatic rings. The Morgan fingerprint density at radius 2 is 2.08 bits per heavy atom. The summed E-state index contributed by atoms with van der Waals surface area (Å²) in [7, 11) is 0. The second kappa shape index (κ2) is 6.11. The van der Waals surface area contributed by atoms with Gasteiger partial charge in [0.05, 0.1) is 0 Å². The number of hydrogen-bond donors (Lipinski definition) is 0. The number of carbonyl (C=O) groups is 1. The number of carbonyl (C=O) groups excluding carboxylic acids is 1. The van der Waals surface area contributed by atoms with Crippen molar-refractivity contribution in [3.63, 3.8) is 0 Å². The Balaban J connectivity index is 1.68. The first-order valence-corrected chi connectivity index (χ1v) is 9.26. The molecule has 0 radical (unpaired) electrons. The standard InChI is InChI=1S/C19H19N3O2S/c1-19(14-6-3-2-4-7-14)8-5-9-21(13-19)17(24)15-12-16(23)20-18-22(15)10-11-25-18/h2-4,6-7,10-12H,5,8-9,13H2,1H3/t19-/m1/s1. The van der Waals surface area contributed by atoms with Gasteiger partial charge in [-0.2, -0.15) is 4.98 Å². The van der Waals surface area contributed by atoms with E-state index >= 15 is 0 Å². The normalized spacial score (nSPS) is 20.8. The zero-order valence-electron chi connectivity index (χ0n) is 14.0. The fourth-order valence-electron chi connectivity index (χ4n) is 3.67. The largest absolute Gasteiger partial charge is 0.336 e. The van der Waals surface area contributed by atoms with Crippen LogP contribution < -0.4 is 5.56 Å². The van der Waals surface area contributed by atoms with E-state index in [9.17, 15) is 9.59 Å². The lowest BCUT2D eigenvalue weighted by Gasteiger charge is -2.41. The van der Waals surface area contributed by atoms with Crippen molar-refractivity contribution in [2.45, 2.75) is 25.2 Å². The Labute approximate surface area is 149 Å². The highest BCUT2D eigenvalue weighted by Gasteiger charge is 2.35. The van der Waals surface area contributed by atoms with Crippen molar-refractivity contribution >= 4 is 22.2 Å². The molecule has 0 unspecified atom stereocenters. The molecule has 25 heavy (non-hydrogen) atoms. The van der Waals surface area contributed by atoms with Crippen molar-refractivity contribution in [1.82, 2.24) is 14.3 Å². The quantitative estimate of drug-likeness (QED) is 0.712. The number of rotatable bonds is 2. The summed E-state index contributed by atoms with van der Waals surface area (Å²) >= 11 is 1.36. The van der Waals surface area contributed by atoms with E-state index in [1.165, 1.54) is 23.0 Å². The SMILES string of the molecule is C[C@@]1(c2ccccc2)CCCN(C(=O)c2cc(=O)nc3sccn23)C1. The zero-order valence-corrected chi connectivity index (χ0v) is 14.8. The van der Waals surface area contributed by atoms with Gasteiger partial charge < -0.3 is 4.90 Å². The van der Waals surface area contributed by atoms with E-state index in [1.807, 2.05) is 28.5 Å². The van der Waals surface area contributed by atoms with E-state index in [4.69, 9.17) is 0 Å². The van der Waals surface area contributed by atoms with E-state index in [2.05, 4.69) is 24.0 Å². The molecular formula is C19H19N3O2S. The monoisotopic (exact) mass is 353 g/mol. The van der Waals surface area contributed by atoms with Crippen molar-refractivity contribution in [2.75, 3.05) is 13.1 Å². The third-order valence-corrected chi connectivity index (χ3v) is 5.75. The summed E-state index contributed by atoms with van der Waals surface area (Å²) < 4.78 is 1.71. The highest BCUT2D eigenvalue weighted by Crippen LogP contribution is 2.34. The van der Waals surface area contributed by atoms with E-state index < -0.39 is 0 Å².